The molecule has 26 heavy (non-hydrogen) atoms. The van der Waals surface area contributed by atoms with Crippen LogP contribution in [0.1, 0.15) is 24.0 Å². The maximum atomic E-state index is 12.1. The molecule has 0 aromatic heterocycles. The molecular weight excluding hydrogens is 342 g/mol. The maximum absolute atomic E-state index is 12.1. The van der Waals surface area contributed by atoms with Crippen molar-refractivity contribution in [2.75, 3.05) is 18.9 Å². The zero-order valence-electron chi connectivity index (χ0n) is 14.6. The van der Waals surface area contributed by atoms with Gasteiger partial charge in [-0.05, 0) is 36.1 Å². The van der Waals surface area contributed by atoms with E-state index < -0.39 is 18.2 Å². The van der Waals surface area contributed by atoms with E-state index in [9.17, 15) is 19.5 Å². The molecule has 0 fully saturated rings. The third-order valence-corrected chi connectivity index (χ3v) is 3.53. The molecule has 1 rings (SSSR count). The van der Waals surface area contributed by atoms with E-state index in [1.807, 2.05) is 0 Å². The number of hydrogen-bond donors (Lipinski definition) is 6. The van der Waals surface area contributed by atoms with Crippen molar-refractivity contribution in [2.45, 2.75) is 32.1 Å². The minimum absolute atomic E-state index is 0.0515. The quantitative estimate of drug-likeness (QED) is 0.329. The van der Waals surface area contributed by atoms with Crippen LogP contribution in [0, 0.1) is 0 Å². The van der Waals surface area contributed by atoms with Gasteiger partial charge in [0.05, 0.1) is 12.6 Å². The molecule has 0 aliphatic heterocycles. The summed E-state index contributed by atoms with van der Waals surface area (Å²) in [6.07, 6.45) is 0.273. The summed E-state index contributed by atoms with van der Waals surface area (Å²) in [5.41, 5.74) is 12.4. The Kier molecular flexibility index (Phi) is 8.88. The molecular formula is C16H25N5O5. The predicted molar refractivity (Wildman–Crippen MR) is 95.0 cm³/mol. The summed E-state index contributed by atoms with van der Waals surface area (Å²) in [6, 6.07) is 3.47. The Morgan fingerprint density at radius 3 is 2.62 bits per heavy atom. The standard InChI is InChI=1S/C16H25N5O5/c1-19-16(25)26-9-11-7-12(5-4-10(11)8-22)21-14(23)13(17)3-2-6-20-15(18)24/h4-5,7,13,22H,2-3,6,8-9,17H2,1H3,(H,19,25)(H,21,23)(H3,18,20,24)/t13-/m0/s1. The average Bonchev–Trinajstić information content (AvgIpc) is 2.62. The van der Waals surface area contributed by atoms with Crippen LogP contribution >= 0.6 is 0 Å². The van der Waals surface area contributed by atoms with Gasteiger partial charge in [-0.15, -0.1) is 0 Å². The fraction of sp³-hybridized carbons (Fsp3) is 0.438. The van der Waals surface area contributed by atoms with Crippen molar-refractivity contribution in [3.05, 3.63) is 29.3 Å². The van der Waals surface area contributed by atoms with Crippen molar-refractivity contribution in [1.29, 1.82) is 0 Å². The number of primary amides is 1. The highest BCUT2D eigenvalue weighted by atomic mass is 16.5. The molecule has 0 spiro atoms. The van der Waals surface area contributed by atoms with Gasteiger partial charge in [-0.2, -0.15) is 0 Å². The zero-order chi connectivity index (χ0) is 19.5. The third-order valence-electron chi connectivity index (χ3n) is 3.53. The number of nitrogens with two attached hydrogens (primary N) is 2. The van der Waals surface area contributed by atoms with Gasteiger partial charge in [0, 0.05) is 19.3 Å². The lowest BCUT2D eigenvalue weighted by atomic mass is 10.1. The van der Waals surface area contributed by atoms with Crippen molar-refractivity contribution in [2.24, 2.45) is 11.5 Å². The Balaban J connectivity index is 2.63. The SMILES string of the molecule is CNC(=O)OCc1cc(NC(=O)[C@@H](N)CCCNC(N)=O)ccc1CO. The molecule has 0 saturated carbocycles. The second-order valence-electron chi connectivity index (χ2n) is 5.50. The van der Waals surface area contributed by atoms with E-state index in [0.717, 1.165) is 0 Å². The lowest BCUT2D eigenvalue weighted by Crippen LogP contribution is -2.37. The number of anilines is 1. The van der Waals surface area contributed by atoms with Gasteiger partial charge in [0.25, 0.3) is 0 Å². The Labute approximate surface area is 151 Å². The number of carbonyl (C=O) groups excluding carboxylic acids is 3. The number of aliphatic hydroxyl groups is 1. The number of carbonyl (C=O) groups is 3. The minimum Gasteiger partial charge on any atom is -0.445 e. The molecule has 0 heterocycles. The molecule has 0 aliphatic carbocycles. The molecule has 4 amide bonds. The monoisotopic (exact) mass is 367 g/mol. The van der Waals surface area contributed by atoms with Gasteiger partial charge in [0.15, 0.2) is 0 Å². The average molecular weight is 367 g/mol. The molecule has 1 aromatic rings. The van der Waals surface area contributed by atoms with Gasteiger partial charge in [-0.3, -0.25) is 4.79 Å². The van der Waals surface area contributed by atoms with Gasteiger partial charge in [0.2, 0.25) is 5.91 Å². The van der Waals surface area contributed by atoms with Gasteiger partial charge in [-0.25, -0.2) is 9.59 Å². The van der Waals surface area contributed by atoms with Crippen LogP contribution < -0.4 is 27.4 Å². The van der Waals surface area contributed by atoms with Crippen LogP contribution in [-0.2, 0) is 22.7 Å². The first kappa shape index (κ1) is 21.2. The predicted octanol–water partition coefficient (Wildman–Crippen LogP) is -0.251. The highest BCUT2D eigenvalue weighted by Gasteiger charge is 2.14. The first-order valence-corrected chi connectivity index (χ1v) is 8.04. The van der Waals surface area contributed by atoms with Crippen LogP contribution in [0.2, 0.25) is 0 Å². The van der Waals surface area contributed by atoms with Crippen LogP contribution in [0.4, 0.5) is 15.3 Å². The molecule has 0 radical (unpaired) electrons. The fourth-order valence-corrected chi connectivity index (χ4v) is 2.11. The number of hydrogen-bond acceptors (Lipinski definition) is 6. The van der Waals surface area contributed by atoms with Crippen molar-refractivity contribution in [1.82, 2.24) is 10.6 Å². The number of urea groups is 1. The van der Waals surface area contributed by atoms with Gasteiger partial charge >= 0.3 is 12.1 Å². The summed E-state index contributed by atoms with van der Waals surface area (Å²) >= 11 is 0. The third kappa shape index (κ3) is 7.36. The number of rotatable bonds is 9. The second-order valence-corrected chi connectivity index (χ2v) is 5.50. The second kappa shape index (κ2) is 10.9. The number of nitrogens with one attached hydrogen (secondary N) is 3. The largest absolute Gasteiger partial charge is 0.445 e. The molecule has 8 N–H and O–H groups in total. The molecule has 0 saturated heterocycles. The summed E-state index contributed by atoms with van der Waals surface area (Å²) in [6.45, 7) is 0.0552. The lowest BCUT2D eigenvalue weighted by molar-refractivity contribution is -0.117. The van der Waals surface area contributed by atoms with Crippen molar-refractivity contribution < 1.29 is 24.2 Å². The molecule has 10 nitrogen and oxygen atoms in total. The number of aliphatic hydroxyl groups excluding tert-OH is 1. The Hall–Kier alpha value is -2.85. The van der Waals surface area contributed by atoms with E-state index in [0.29, 0.717) is 36.2 Å². The summed E-state index contributed by atoms with van der Waals surface area (Å²) < 4.78 is 4.97. The van der Waals surface area contributed by atoms with E-state index in [-0.39, 0.29) is 19.1 Å². The molecule has 0 unspecified atom stereocenters. The van der Waals surface area contributed by atoms with Crippen molar-refractivity contribution in [3.63, 3.8) is 0 Å². The summed E-state index contributed by atoms with van der Waals surface area (Å²) in [7, 11) is 1.44. The highest BCUT2D eigenvalue weighted by Crippen LogP contribution is 2.18. The lowest BCUT2D eigenvalue weighted by Gasteiger charge is -2.14. The molecule has 0 aliphatic rings. The Morgan fingerprint density at radius 1 is 1.27 bits per heavy atom. The molecule has 0 bridgehead atoms. The van der Waals surface area contributed by atoms with E-state index in [4.69, 9.17) is 16.2 Å². The summed E-state index contributed by atoms with van der Waals surface area (Å²) in [4.78, 5) is 33.9. The van der Waals surface area contributed by atoms with E-state index in [2.05, 4.69) is 16.0 Å². The molecule has 1 atom stereocenters. The Bertz CT molecular complexity index is 637. The van der Waals surface area contributed by atoms with Crippen LogP contribution in [0.25, 0.3) is 0 Å². The van der Waals surface area contributed by atoms with E-state index >= 15 is 0 Å². The number of amides is 4. The minimum atomic E-state index is -0.757. The van der Waals surface area contributed by atoms with Crippen LogP contribution in [-0.4, -0.2) is 42.8 Å². The summed E-state index contributed by atoms with van der Waals surface area (Å²) in [5.74, 6) is -0.390. The number of benzene rings is 1. The normalized spacial score (nSPS) is 11.3. The maximum Gasteiger partial charge on any atom is 0.407 e. The Morgan fingerprint density at radius 2 is 2.00 bits per heavy atom. The van der Waals surface area contributed by atoms with Gasteiger partial charge in [0.1, 0.15) is 6.61 Å². The van der Waals surface area contributed by atoms with Crippen molar-refractivity contribution >= 4 is 23.7 Å². The topological polar surface area (TPSA) is 169 Å². The van der Waals surface area contributed by atoms with E-state index in [1.54, 1.807) is 18.2 Å². The first-order chi connectivity index (χ1) is 12.4. The van der Waals surface area contributed by atoms with Crippen LogP contribution in [0.3, 0.4) is 0 Å². The van der Waals surface area contributed by atoms with Gasteiger partial charge < -0.3 is 37.3 Å². The fourth-order valence-electron chi connectivity index (χ4n) is 2.11. The van der Waals surface area contributed by atoms with Crippen LogP contribution in [0.15, 0.2) is 18.2 Å². The zero-order valence-corrected chi connectivity index (χ0v) is 14.6. The molecule has 144 valence electrons. The van der Waals surface area contributed by atoms with Crippen molar-refractivity contribution in [3.8, 4) is 0 Å². The smallest absolute Gasteiger partial charge is 0.407 e. The molecule has 1 aromatic carbocycles. The van der Waals surface area contributed by atoms with E-state index in [1.165, 1.54) is 7.05 Å². The number of alkyl carbamates (subject to hydrolysis) is 1. The highest BCUT2D eigenvalue weighted by molar-refractivity contribution is 5.94. The van der Waals surface area contributed by atoms with Crippen LogP contribution in [0.5, 0.6) is 0 Å². The first-order valence-electron chi connectivity index (χ1n) is 8.04. The van der Waals surface area contributed by atoms with Gasteiger partial charge in [-0.1, -0.05) is 6.07 Å². The number of ether oxygens (including phenoxy) is 1. The molecule has 10 heteroatoms. The summed E-state index contributed by atoms with van der Waals surface area (Å²) in [5, 5.41) is 16.8.